The van der Waals surface area contributed by atoms with Crippen LogP contribution < -0.4 is 10.2 Å². The maximum atomic E-state index is 11.7. The van der Waals surface area contributed by atoms with Crippen LogP contribution in [0.1, 0.15) is 10.4 Å². The Morgan fingerprint density at radius 3 is 2.75 bits per heavy atom. The van der Waals surface area contributed by atoms with Crippen molar-refractivity contribution in [2.75, 3.05) is 38.8 Å². The van der Waals surface area contributed by atoms with Gasteiger partial charge in [0.2, 0.25) is 5.91 Å². The summed E-state index contributed by atoms with van der Waals surface area (Å²) in [5.74, 6) is -1.35. The number of likely N-dealkylation sites (N-methyl/N-ethyl adjacent to an activating group) is 1. The van der Waals surface area contributed by atoms with E-state index in [1.54, 1.807) is 26.3 Å². The molecule has 1 aromatic carbocycles. The lowest BCUT2D eigenvalue weighted by Gasteiger charge is -2.21. The van der Waals surface area contributed by atoms with Crippen LogP contribution in [-0.4, -0.2) is 50.8 Å². The van der Waals surface area contributed by atoms with Crippen molar-refractivity contribution in [3.05, 3.63) is 28.8 Å². The minimum absolute atomic E-state index is 0.0126. The standard InChI is InChI=1S/C13H17ClN2O4/c1-16(8-11(17)15-6-7-20-2)10-5-3-4-9(14)12(10)13(18)19/h3-5H,6-8H2,1-2H3,(H,15,17)(H,18,19). The SMILES string of the molecule is COCCNC(=O)CN(C)c1cccc(Cl)c1C(=O)O. The van der Waals surface area contributed by atoms with E-state index in [-0.39, 0.29) is 23.0 Å². The van der Waals surface area contributed by atoms with Gasteiger partial charge < -0.3 is 20.1 Å². The summed E-state index contributed by atoms with van der Waals surface area (Å²) in [4.78, 5) is 24.4. The molecule has 0 aliphatic rings. The van der Waals surface area contributed by atoms with Crippen molar-refractivity contribution < 1.29 is 19.4 Å². The molecule has 20 heavy (non-hydrogen) atoms. The minimum atomic E-state index is -1.13. The number of hydrogen-bond acceptors (Lipinski definition) is 4. The van der Waals surface area contributed by atoms with Gasteiger partial charge in [0.15, 0.2) is 0 Å². The average molecular weight is 301 g/mol. The van der Waals surface area contributed by atoms with Gasteiger partial charge in [-0.3, -0.25) is 4.79 Å². The van der Waals surface area contributed by atoms with Gasteiger partial charge in [-0.05, 0) is 12.1 Å². The fourth-order valence-electron chi connectivity index (χ4n) is 1.69. The molecule has 1 rings (SSSR count). The van der Waals surface area contributed by atoms with Gasteiger partial charge in [0, 0.05) is 20.7 Å². The van der Waals surface area contributed by atoms with Gasteiger partial charge in [-0.15, -0.1) is 0 Å². The third kappa shape index (κ3) is 4.40. The summed E-state index contributed by atoms with van der Waals surface area (Å²) >= 11 is 5.88. The molecular weight excluding hydrogens is 284 g/mol. The highest BCUT2D eigenvalue weighted by atomic mass is 35.5. The molecule has 2 N–H and O–H groups in total. The van der Waals surface area contributed by atoms with Gasteiger partial charge in [0.1, 0.15) is 5.56 Å². The molecule has 0 spiro atoms. The van der Waals surface area contributed by atoms with Crippen molar-refractivity contribution in [3.63, 3.8) is 0 Å². The fourth-order valence-corrected chi connectivity index (χ4v) is 1.94. The van der Waals surface area contributed by atoms with Crippen LogP contribution in [-0.2, 0) is 9.53 Å². The lowest BCUT2D eigenvalue weighted by atomic mass is 10.1. The van der Waals surface area contributed by atoms with Gasteiger partial charge in [-0.25, -0.2) is 4.79 Å². The van der Waals surface area contributed by atoms with Crippen molar-refractivity contribution in [1.29, 1.82) is 0 Å². The first-order valence-corrected chi connectivity index (χ1v) is 6.33. The summed E-state index contributed by atoms with van der Waals surface area (Å²) in [5.41, 5.74) is 0.383. The van der Waals surface area contributed by atoms with Crippen molar-refractivity contribution in [2.24, 2.45) is 0 Å². The number of methoxy groups -OCH3 is 1. The number of carboxylic acid groups (broad SMARTS) is 1. The van der Waals surface area contributed by atoms with Crippen molar-refractivity contribution in [1.82, 2.24) is 5.32 Å². The number of benzene rings is 1. The van der Waals surface area contributed by atoms with Gasteiger partial charge in [-0.1, -0.05) is 17.7 Å². The van der Waals surface area contributed by atoms with E-state index >= 15 is 0 Å². The number of amides is 1. The number of hydrogen-bond donors (Lipinski definition) is 2. The molecule has 0 unspecified atom stereocenters. The van der Waals surface area contributed by atoms with Gasteiger partial charge in [0.05, 0.1) is 23.9 Å². The predicted molar refractivity (Wildman–Crippen MR) is 76.6 cm³/mol. The average Bonchev–Trinajstić information content (AvgIpc) is 2.38. The van der Waals surface area contributed by atoms with E-state index in [1.165, 1.54) is 11.0 Å². The Labute approximate surface area is 122 Å². The number of nitrogens with one attached hydrogen (secondary N) is 1. The summed E-state index contributed by atoms with van der Waals surface area (Å²) in [6, 6.07) is 4.75. The smallest absolute Gasteiger partial charge is 0.339 e. The number of anilines is 1. The molecule has 6 nitrogen and oxygen atoms in total. The number of carbonyl (C=O) groups excluding carboxylic acids is 1. The quantitative estimate of drug-likeness (QED) is 0.741. The molecular formula is C13H17ClN2O4. The first-order valence-electron chi connectivity index (χ1n) is 5.96. The summed E-state index contributed by atoms with van der Waals surface area (Å²) in [6.07, 6.45) is 0. The molecule has 0 fully saturated rings. The molecule has 0 saturated carbocycles. The highest BCUT2D eigenvalue weighted by Gasteiger charge is 2.18. The third-order valence-electron chi connectivity index (χ3n) is 2.63. The van der Waals surface area contributed by atoms with Crippen molar-refractivity contribution in [3.8, 4) is 0 Å². The second kappa shape index (κ2) is 7.72. The Kier molecular flexibility index (Phi) is 6.27. The van der Waals surface area contributed by atoms with E-state index in [0.29, 0.717) is 18.8 Å². The molecule has 0 heterocycles. The van der Waals surface area contributed by atoms with E-state index in [4.69, 9.17) is 16.3 Å². The number of aromatic carboxylic acids is 1. The van der Waals surface area contributed by atoms with Crippen molar-refractivity contribution in [2.45, 2.75) is 0 Å². The van der Waals surface area contributed by atoms with Gasteiger partial charge in [0.25, 0.3) is 0 Å². The molecule has 0 aliphatic carbocycles. The summed E-state index contributed by atoms with van der Waals surface area (Å²) < 4.78 is 4.82. The van der Waals surface area contributed by atoms with Crippen molar-refractivity contribution >= 4 is 29.2 Å². The van der Waals surface area contributed by atoms with Gasteiger partial charge >= 0.3 is 5.97 Å². The molecule has 0 saturated heterocycles. The molecule has 0 atom stereocenters. The molecule has 7 heteroatoms. The molecule has 1 aromatic rings. The fraction of sp³-hybridized carbons (Fsp3) is 0.385. The third-order valence-corrected chi connectivity index (χ3v) is 2.94. The molecule has 1 amide bonds. The topological polar surface area (TPSA) is 78.9 Å². The molecule has 0 aliphatic heterocycles. The van der Waals surface area contributed by atoms with Crippen LogP contribution in [0.2, 0.25) is 5.02 Å². The number of nitrogens with zero attached hydrogens (tertiary/aromatic N) is 1. The Hall–Kier alpha value is -1.79. The predicted octanol–water partition coefficient (Wildman–Crippen LogP) is 1.24. The van der Waals surface area contributed by atoms with E-state index in [9.17, 15) is 14.7 Å². The normalized spacial score (nSPS) is 10.2. The maximum absolute atomic E-state index is 11.7. The van der Waals surface area contributed by atoms with Crippen LogP contribution in [0.3, 0.4) is 0 Å². The molecule has 0 radical (unpaired) electrons. The Morgan fingerprint density at radius 1 is 1.45 bits per heavy atom. The Bertz CT molecular complexity index is 493. The maximum Gasteiger partial charge on any atom is 0.339 e. The minimum Gasteiger partial charge on any atom is -0.478 e. The molecule has 0 bridgehead atoms. The monoisotopic (exact) mass is 300 g/mol. The van der Waals surface area contributed by atoms with Crippen LogP contribution in [0.5, 0.6) is 0 Å². The summed E-state index contributed by atoms with van der Waals surface area (Å²) in [7, 11) is 3.18. The van der Waals surface area contributed by atoms with Crippen LogP contribution in [0, 0.1) is 0 Å². The lowest BCUT2D eigenvalue weighted by Crippen LogP contribution is -2.37. The first-order chi connectivity index (χ1) is 9.47. The number of halogens is 1. The lowest BCUT2D eigenvalue weighted by molar-refractivity contribution is -0.119. The summed E-state index contributed by atoms with van der Waals surface area (Å²) in [5, 5.41) is 12.0. The van der Waals surface area contributed by atoms with E-state index in [2.05, 4.69) is 5.32 Å². The first kappa shape index (κ1) is 16.3. The van der Waals surface area contributed by atoms with Crippen LogP contribution >= 0.6 is 11.6 Å². The zero-order valence-electron chi connectivity index (χ0n) is 11.4. The number of ether oxygens (including phenoxy) is 1. The number of carbonyl (C=O) groups is 2. The number of rotatable bonds is 7. The van der Waals surface area contributed by atoms with E-state index < -0.39 is 5.97 Å². The largest absolute Gasteiger partial charge is 0.478 e. The zero-order chi connectivity index (χ0) is 15.1. The summed E-state index contributed by atoms with van der Waals surface area (Å²) in [6.45, 7) is 0.863. The Balaban J connectivity index is 2.77. The molecule has 110 valence electrons. The van der Waals surface area contributed by atoms with E-state index in [0.717, 1.165) is 0 Å². The van der Waals surface area contributed by atoms with Crippen LogP contribution in [0.15, 0.2) is 18.2 Å². The highest BCUT2D eigenvalue weighted by Crippen LogP contribution is 2.26. The zero-order valence-corrected chi connectivity index (χ0v) is 12.1. The number of carboxylic acids is 1. The van der Waals surface area contributed by atoms with Crippen LogP contribution in [0.4, 0.5) is 5.69 Å². The molecule has 0 aromatic heterocycles. The van der Waals surface area contributed by atoms with Gasteiger partial charge in [-0.2, -0.15) is 0 Å². The highest BCUT2D eigenvalue weighted by molar-refractivity contribution is 6.34. The van der Waals surface area contributed by atoms with E-state index in [1.807, 2.05) is 0 Å². The Morgan fingerprint density at radius 2 is 2.15 bits per heavy atom. The van der Waals surface area contributed by atoms with Crippen LogP contribution in [0.25, 0.3) is 0 Å². The second-order valence-electron chi connectivity index (χ2n) is 4.14. The second-order valence-corrected chi connectivity index (χ2v) is 4.55.